The van der Waals surface area contributed by atoms with E-state index in [9.17, 15) is 0 Å². The maximum absolute atomic E-state index is 6.51. The van der Waals surface area contributed by atoms with E-state index in [1.807, 2.05) is 12.1 Å². The second-order valence-corrected chi connectivity index (χ2v) is 13.4. The molecule has 3 aliphatic carbocycles. The first-order valence-corrected chi connectivity index (χ1v) is 16.9. The monoisotopic (exact) mass is 665 g/mol. The Hall–Kier alpha value is -5.38. The molecule has 2 nitrogen and oxygen atoms in total. The van der Waals surface area contributed by atoms with Crippen LogP contribution in [-0.4, -0.2) is 0 Å². The van der Waals surface area contributed by atoms with Gasteiger partial charge in [-0.1, -0.05) is 131 Å². The van der Waals surface area contributed by atoms with Gasteiger partial charge in [0.1, 0.15) is 5.58 Å². The fraction of sp³-hybridized carbons (Fsp3) is 0.0455. The van der Waals surface area contributed by atoms with Gasteiger partial charge in [0, 0.05) is 38.5 Å². The van der Waals surface area contributed by atoms with Crippen LogP contribution in [0.15, 0.2) is 167 Å². The number of anilines is 3. The van der Waals surface area contributed by atoms with Crippen LogP contribution in [0.1, 0.15) is 45.2 Å². The molecule has 2 bridgehead atoms. The minimum Gasteiger partial charge on any atom is -0.454 e. The second kappa shape index (κ2) is 10.3. The Morgan fingerprint density at radius 3 is 1.74 bits per heavy atom. The molecule has 0 amide bonds. The molecule has 47 heavy (non-hydrogen) atoms. The van der Waals surface area contributed by atoms with Gasteiger partial charge in [-0.05, 0) is 87.0 Å². The molecule has 3 heteroatoms. The summed E-state index contributed by atoms with van der Waals surface area (Å²) in [6, 6.07) is 56.9. The minimum absolute atomic E-state index is 0.195. The van der Waals surface area contributed by atoms with Crippen molar-refractivity contribution in [2.45, 2.75) is 11.8 Å². The van der Waals surface area contributed by atoms with E-state index in [1.165, 1.54) is 49.0 Å². The highest BCUT2D eigenvalue weighted by Gasteiger charge is 2.43. The molecule has 0 atom stereocenters. The number of hydrogen-bond donors (Lipinski definition) is 0. The highest BCUT2D eigenvalue weighted by Crippen LogP contribution is 2.59. The molecule has 11 rings (SSSR count). The Labute approximate surface area is 281 Å². The van der Waals surface area contributed by atoms with Crippen molar-refractivity contribution in [2.24, 2.45) is 0 Å². The van der Waals surface area contributed by atoms with Crippen LogP contribution in [0.3, 0.4) is 0 Å². The maximum atomic E-state index is 6.51. The molecule has 0 aliphatic heterocycles. The van der Waals surface area contributed by atoms with Gasteiger partial charge in [0.2, 0.25) is 0 Å². The van der Waals surface area contributed by atoms with Crippen molar-refractivity contribution in [3.63, 3.8) is 0 Å². The summed E-state index contributed by atoms with van der Waals surface area (Å²) in [5.41, 5.74) is 16.0. The summed E-state index contributed by atoms with van der Waals surface area (Å²) in [5, 5.41) is 2.25. The lowest BCUT2D eigenvalue weighted by atomic mass is 9.60. The first-order valence-electron chi connectivity index (χ1n) is 16.1. The fourth-order valence-corrected chi connectivity index (χ4v) is 8.77. The summed E-state index contributed by atoms with van der Waals surface area (Å²) >= 11 is 3.99. The second-order valence-electron chi connectivity index (χ2n) is 12.5. The molecule has 1 aromatic heterocycles. The smallest absolute Gasteiger partial charge is 0.159 e. The van der Waals surface area contributed by atoms with E-state index in [-0.39, 0.29) is 11.8 Å². The van der Waals surface area contributed by atoms with Gasteiger partial charge in [-0.2, -0.15) is 0 Å². The lowest BCUT2D eigenvalue weighted by Gasteiger charge is -2.43. The first kappa shape index (κ1) is 26.8. The van der Waals surface area contributed by atoms with Crippen LogP contribution >= 0.6 is 15.9 Å². The average Bonchev–Trinajstić information content (AvgIpc) is 3.52. The molecule has 0 unspecified atom stereocenters. The third-order valence-electron chi connectivity index (χ3n) is 10.1. The zero-order valence-electron chi connectivity index (χ0n) is 25.4. The molecule has 3 aliphatic rings. The third-order valence-corrected chi connectivity index (χ3v) is 10.8. The van der Waals surface area contributed by atoms with E-state index in [1.54, 1.807) is 0 Å². The fourth-order valence-electron chi connectivity index (χ4n) is 8.20. The summed E-state index contributed by atoms with van der Waals surface area (Å²) in [7, 11) is 0. The quantitative estimate of drug-likeness (QED) is 0.186. The summed E-state index contributed by atoms with van der Waals surface area (Å²) in [5.74, 6) is 0.412. The normalized spacial score (nSPS) is 15.8. The number of benzene rings is 7. The van der Waals surface area contributed by atoms with Gasteiger partial charge in [0.05, 0.1) is 5.69 Å². The molecular formula is C44H28BrNO. The number of fused-ring (bicyclic) bond motifs is 3. The van der Waals surface area contributed by atoms with Crippen LogP contribution in [-0.2, 0) is 0 Å². The van der Waals surface area contributed by atoms with Gasteiger partial charge in [0.25, 0.3) is 0 Å². The number of nitrogens with zero attached hydrogens (tertiary/aromatic N) is 1. The van der Waals surface area contributed by atoms with Gasteiger partial charge in [-0.15, -0.1) is 0 Å². The van der Waals surface area contributed by atoms with E-state index >= 15 is 0 Å². The van der Waals surface area contributed by atoms with Crippen molar-refractivity contribution in [2.75, 3.05) is 4.90 Å². The van der Waals surface area contributed by atoms with E-state index in [0.717, 1.165) is 39.0 Å². The largest absolute Gasteiger partial charge is 0.454 e. The van der Waals surface area contributed by atoms with Crippen LogP contribution in [0.4, 0.5) is 17.1 Å². The molecule has 7 aromatic carbocycles. The van der Waals surface area contributed by atoms with E-state index in [0.29, 0.717) is 0 Å². The summed E-state index contributed by atoms with van der Waals surface area (Å²) < 4.78 is 7.70. The molecule has 0 saturated heterocycles. The van der Waals surface area contributed by atoms with Crippen LogP contribution in [0.2, 0.25) is 0 Å². The van der Waals surface area contributed by atoms with Crippen molar-refractivity contribution < 1.29 is 4.42 Å². The third kappa shape index (κ3) is 3.90. The van der Waals surface area contributed by atoms with Gasteiger partial charge in [0.15, 0.2) is 5.58 Å². The maximum Gasteiger partial charge on any atom is 0.159 e. The van der Waals surface area contributed by atoms with Crippen LogP contribution in [0.25, 0.3) is 33.1 Å². The van der Waals surface area contributed by atoms with E-state index in [4.69, 9.17) is 4.42 Å². The number of para-hydroxylation sites is 3. The molecule has 0 N–H and O–H groups in total. The standard InChI is InChI=1S/C44H28BrNO/c45-37-26-25-30(42-40-32-14-4-6-16-34(32)41(43(37)42)35-17-7-5-15-33(35)40)27-21-23-29(24-22-27)46(28-11-2-1-3-12-28)38-19-10-18-36-31-13-8-9-20-39(31)47-44(36)38/h1-26,40-41H. The molecule has 0 fully saturated rings. The van der Waals surface area contributed by atoms with Crippen molar-refractivity contribution >= 4 is 54.9 Å². The van der Waals surface area contributed by atoms with Crippen molar-refractivity contribution in [3.05, 3.63) is 196 Å². The summed E-state index contributed by atoms with van der Waals surface area (Å²) in [6.07, 6.45) is 0. The lowest BCUT2D eigenvalue weighted by Crippen LogP contribution is -2.28. The molecular weight excluding hydrogens is 638 g/mol. The van der Waals surface area contributed by atoms with E-state index < -0.39 is 0 Å². The Morgan fingerprint density at radius 1 is 0.468 bits per heavy atom. The SMILES string of the molecule is Brc1ccc(-c2ccc(N(c3ccccc3)c3cccc4c3oc3ccccc34)cc2)c2c1C1c3ccccc3C2c2ccccc21. The Bertz CT molecular complexity index is 2450. The van der Waals surface area contributed by atoms with Crippen LogP contribution in [0, 0.1) is 0 Å². The molecule has 1 heterocycles. The summed E-state index contributed by atoms with van der Waals surface area (Å²) in [6.45, 7) is 0. The number of hydrogen-bond acceptors (Lipinski definition) is 2. The summed E-state index contributed by atoms with van der Waals surface area (Å²) in [4.78, 5) is 2.31. The highest BCUT2D eigenvalue weighted by atomic mass is 79.9. The predicted molar refractivity (Wildman–Crippen MR) is 196 cm³/mol. The zero-order chi connectivity index (χ0) is 31.1. The average molecular weight is 667 g/mol. The van der Waals surface area contributed by atoms with Crippen molar-refractivity contribution in [1.82, 2.24) is 0 Å². The van der Waals surface area contributed by atoms with Gasteiger partial charge in [-0.25, -0.2) is 0 Å². The first-order chi connectivity index (χ1) is 23.3. The van der Waals surface area contributed by atoms with Gasteiger partial charge >= 0.3 is 0 Å². The van der Waals surface area contributed by atoms with Crippen molar-refractivity contribution in [3.8, 4) is 11.1 Å². The number of furan rings is 1. The Kier molecular flexibility index (Phi) is 5.88. The van der Waals surface area contributed by atoms with E-state index in [2.05, 4.69) is 166 Å². The lowest BCUT2D eigenvalue weighted by molar-refractivity contribution is 0.669. The van der Waals surface area contributed by atoms with Crippen LogP contribution in [0.5, 0.6) is 0 Å². The molecule has 8 aromatic rings. The Morgan fingerprint density at radius 2 is 1.04 bits per heavy atom. The van der Waals surface area contributed by atoms with Gasteiger partial charge < -0.3 is 9.32 Å². The van der Waals surface area contributed by atoms with Gasteiger partial charge in [-0.3, -0.25) is 0 Å². The topological polar surface area (TPSA) is 16.4 Å². The zero-order valence-corrected chi connectivity index (χ0v) is 27.0. The highest BCUT2D eigenvalue weighted by molar-refractivity contribution is 9.10. The van der Waals surface area contributed by atoms with Crippen LogP contribution < -0.4 is 4.90 Å². The minimum atomic E-state index is 0.195. The number of rotatable bonds is 4. The number of halogens is 1. The molecule has 0 saturated carbocycles. The molecule has 0 radical (unpaired) electrons. The Balaban J connectivity index is 1.14. The molecule has 222 valence electrons. The molecule has 0 spiro atoms. The predicted octanol–water partition coefficient (Wildman–Crippen LogP) is 12.5. The van der Waals surface area contributed by atoms with Crippen molar-refractivity contribution in [1.29, 1.82) is 0 Å².